The molecule has 1 aromatic heterocycles. The third-order valence-corrected chi connectivity index (χ3v) is 3.77. The number of hydrazine groups is 1. The zero-order valence-electron chi connectivity index (χ0n) is 11.4. The lowest BCUT2D eigenvalue weighted by atomic mass is 10.3. The van der Waals surface area contributed by atoms with Crippen LogP contribution in [0.1, 0.15) is 37.4 Å². The van der Waals surface area contributed by atoms with Gasteiger partial charge in [-0.2, -0.15) is 0 Å². The normalized spacial score (nSPS) is 18.7. The van der Waals surface area contributed by atoms with Crippen LogP contribution in [0.3, 0.4) is 0 Å². The SMILES string of the molecule is CN(CCNc1cc(NN)nc(C2CC2)n1)C1CC1. The fourth-order valence-electron chi connectivity index (χ4n) is 2.21. The number of nitrogens with zero attached hydrogens (tertiary/aromatic N) is 3. The molecule has 2 saturated carbocycles. The Morgan fingerprint density at radius 2 is 2.00 bits per heavy atom. The number of rotatable bonds is 7. The van der Waals surface area contributed by atoms with Gasteiger partial charge in [0.2, 0.25) is 0 Å². The monoisotopic (exact) mass is 262 g/mol. The summed E-state index contributed by atoms with van der Waals surface area (Å²) in [5.41, 5.74) is 2.62. The van der Waals surface area contributed by atoms with Gasteiger partial charge in [-0.25, -0.2) is 15.8 Å². The highest BCUT2D eigenvalue weighted by Crippen LogP contribution is 2.38. The van der Waals surface area contributed by atoms with Gasteiger partial charge in [0.25, 0.3) is 0 Å². The number of hydrogen-bond donors (Lipinski definition) is 3. The summed E-state index contributed by atoms with van der Waals surface area (Å²) in [4.78, 5) is 11.4. The minimum absolute atomic E-state index is 0.531. The Kier molecular flexibility index (Phi) is 3.52. The van der Waals surface area contributed by atoms with Gasteiger partial charge in [0.1, 0.15) is 17.5 Å². The van der Waals surface area contributed by atoms with E-state index in [9.17, 15) is 0 Å². The van der Waals surface area contributed by atoms with Gasteiger partial charge in [-0.3, -0.25) is 0 Å². The van der Waals surface area contributed by atoms with Crippen LogP contribution in [-0.2, 0) is 0 Å². The highest BCUT2D eigenvalue weighted by molar-refractivity contribution is 5.47. The lowest BCUT2D eigenvalue weighted by molar-refractivity contribution is 0.337. The largest absolute Gasteiger partial charge is 0.369 e. The average Bonchev–Trinajstić information content (AvgIpc) is 3.31. The van der Waals surface area contributed by atoms with Crippen LogP contribution < -0.4 is 16.6 Å². The molecule has 0 saturated heterocycles. The van der Waals surface area contributed by atoms with Crippen LogP contribution in [0, 0.1) is 0 Å². The molecule has 0 aromatic carbocycles. The van der Waals surface area contributed by atoms with Crippen molar-refractivity contribution in [1.82, 2.24) is 14.9 Å². The summed E-state index contributed by atoms with van der Waals surface area (Å²) in [6.45, 7) is 1.94. The Bertz CT molecular complexity index is 441. The lowest BCUT2D eigenvalue weighted by Gasteiger charge is -2.16. The number of hydrogen-bond acceptors (Lipinski definition) is 6. The predicted octanol–water partition coefficient (Wildman–Crippen LogP) is 1.15. The number of nitrogens with two attached hydrogens (primary N) is 1. The molecule has 2 aliphatic carbocycles. The molecule has 0 aliphatic heterocycles. The summed E-state index contributed by atoms with van der Waals surface area (Å²) in [6, 6.07) is 2.67. The molecule has 0 radical (unpaired) electrons. The first-order chi connectivity index (χ1) is 9.26. The van der Waals surface area contributed by atoms with Crippen molar-refractivity contribution in [1.29, 1.82) is 0 Å². The van der Waals surface area contributed by atoms with Crippen LogP contribution in [0.5, 0.6) is 0 Å². The van der Waals surface area contributed by atoms with E-state index in [1.54, 1.807) is 0 Å². The van der Waals surface area contributed by atoms with E-state index in [-0.39, 0.29) is 0 Å². The first-order valence-corrected chi connectivity index (χ1v) is 7.06. The van der Waals surface area contributed by atoms with E-state index >= 15 is 0 Å². The number of likely N-dealkylation sites (N-methyl/N-ethyl adjacent to an activating group) is 1. The maximum absolute atomic E-state index is 5.46. The molecule has 3 rings (SSSR count). The number of nitrogens with one attached hydrogen (secondary N) is 2. The Balaban J connectivity index is 1.57. The molecule has 6 heteroatoms. The molecular weight excluding hydrogens is 240 g/mol. The summed E-state index contributed by atoms with van der Waals surface area (Å²) >= 11 is 0. The molecule has 0 atom stereocenters. The summed E-state index contributed by atoms with van der Waals surface area (Å²) in [6.07, 6.45) is 5.07. The zero-order valence-corrected chi connectivity index (χ0v) is 11.4. The summed E-state index contributed by atoms with van der Waals surface area (Å²) in [5, 5.41) is 3.37. The van der Waals surface area contributed by atoms with E-state index in [0.29, 0.717) is 11.7 Å². The first-order valence-electron chi connectivity index (χ1n) is 7.06. The maximum Gasteiger partial charge on any atom is 0.145 e. The van der Waals surface area contributed by atoms with E-state index in [1.165, 1.54) is 25.7 Å². The van der Waals surface area contributed by atoms with Crippen LogP contribution in [0.25, 0.3) is 0 Å². The smallest absolute Gasteiger partial charge is 0.145 e. The summed E-state index contributed by atoms with van der Waals surface area (Å²) < 4.78 is 0. The van der Waals surface area contributed by atoms with Crippen molar-refractivity contribution in [3.63, 3.8) is 0 Å². The van der Waals surface area contributed by atoms with Crippen molar-refractivity contribution in [2.75, 3.05) is 30.9 Å². The Labute approximate surface area is 113 Å². The Morgan fingerprint density at radius 1 is 1.26 bits per heavy atom. The number of nitrogen functional groups attached to an aromatic ring is 1. The molecule has 104 valence electrons. The van der Waals surface area contributed by atoms with Crippen molar-refractivity contribution in [3.05, 3.63) is 11.9 Å². The molecule has 0 spiro atoms. The van der Waals surface area contributed by atoms with E-state index in [1.807, 2.05) is 6.07 Å². The van der Waals surface area contributed by atoms with Gasteiger partial charge in [0.05, 0.1) is 0 Å². The summed E-state index contributed by atoms with van der Waals surface area (Å²) in [7, 11) is 2.18. The van der Waals surface area contributed by atoms with E-state index < -0.39 is 0 Å². The second kappa shape index (κ2) is 5.30. The van der Waals surface area contributed by atoms with Gasteiger partial charge in [-0.05, 0) is 32.7 Å². The van der Waals surface area contributed by atoms with Crippen molar-refractivity contribution in [3.8, 4) is 0 Å². The zero-order chi connectivity index (χ0) is 13.2. The van der Waals surface area contributed by atoms with E-state index in [2.05, 4.69) is 32.7 Å². The molecule has 0 bridgehead atoms. The third kappa shape index (κ3) is 3.33. The molecule has 6 nitrogen and oxygen atoms in total. The van der Waals surface area contributed by atoms with Gasteiger partial charge in [-0.1, -0.05) is 0 Å². The molecule has 1 aromatic rings. The fourth-order valence-corrected chi connectivity index (χ4v) is 2.21. The number of aromatic nitrogens is 2. The van der Waals surface area contributed by atoms with Gasteiger partial charge in [-0.15, -0.1) is 0 Å². The van der Waals surface area contributed by atoms with Gasteiger partial charge in [0.15, 0.2) is 0 Å². The predicted molar refractivity (Wildman–Crippen MR) is 76.0 cm³/mol. The standard InChI is InChI=1S/C13H22N6/c1-19(10-4-5-10)7-6-15-11-8-12(18-14)17-13(16-11)9-2-3-9/h8-10H,2-7,14H2,1H3,(H2,15,16,17,18). The molecule has 0 unspecified atom stereocenters. The first kappa shape index (κ1) is 12.6. The molecular formula is C13H22N6. The molecule has 0 amide bonds. The van der Waals surface area contributed by atoms with Crippen LogP contribution in [0.15, 0.2) is 6.07 Å². The third-order valence-electron chi connectivity index (χ3n) is 3.77. The highest BCUT2D eigenvalue weighted by atomic mass is 15.3. The fraction of sp³-hybridized carbons (Fsp3) is 0.692. The van der Waals surface area contributed by atoms with Crippen molar-refractivity contribution in [2.45, 2.75) is 37.6 Å². The molecule has 4 N–H and O–H groups in total. The lowest BCUT2D eigenvalue weighted by Crippen LogP contribution is -2.27. The molecule has 2 aliphatic rings. The van der Waals surface area contributed by atoms with Crippen molar-refractivity contribution < 1.29 is 0 Å². The van der Waals surface area contributed by atoms with Crippen LogP contribution in [0.2, 0.25) is 0 Å². The van der Waals surface area contributed by atoms with Gasteiger partial charge >= 0.3 is 0 Å². The quantitative estimate of drug-likeness (QED) is 0.505. The minimum atomic E-state index is 0.531. The van der Waals surface area contributed by atoms with Crippen molar-refractivity contribution in [2.24, 2.45) is 5.84 Å². The molecule has 2 fully saturated rings. The van der Waals surface area contributed by atoms with E-state index in [4.69, 9.17) is 5.84 Å². The number of anilines is 2. The van der Waals surface area contributed by atoms with Crippen molar-refractivity contribution >= 4 is 11.6 Å². The molecule has 1 heterocycles. The van der Waals surface area contributed by atoms with Crippen LogP contribution >= 0.6 is 0 Å². The maximum atomic E-state index is 5.46. The van der Waals surface area contributed by atoms with Gasteiger partial charge in [0, 0.05) is 31.1 Å². The molecule has 19 heavy (non-hydrogen) atoms. The van der Waals surface area contributed by atoms with Crippen LogP contribution in [-0.4, -0.2) is 41.0 Å². The Hall–Kier alpha value is -1.40. The summed E-state index contributed by atoms with van der Waals surface area (Å²) in [5.74, 6) is 8.46. The minimum Gasteiger partial charge on any atom is -0.369 e. The topological polar surface area (TPSA) is 79.1 Å². The van der Waals surface area contributed by atoms with E-state index in [0.717, 1.165) is 30.8 Å². The second-order valence-electron chi connectivity index (χ2n) is 5.55. The van der Waals surface area contributed by atoms with Gasteiger partial charge < -0.3 is 15.6 Å². The average molecular weight is 262 g/mol. The highest BCUT2D eigenvalue weighted by Gasteiger charge is 2.27. The second-order valence-corrected chi connectivity index (χ2v) is 5.55. The van der Waals surface area contributed by atoms with Crippen LogP contribution in [0.4, 0.5) is 11.6 Å². The Morgan fingerprint density at radius 3 is 2.63 bits per heavy atom.